The third-order valence-corrected chi connectivity index (χ3v) is 3.58. The predicted octanol–water partition coefficient (Wildman–Crippen LogP) is 3.22. The SMILES string of the molecule is CC(C)c1ccc(/C=C/C(=O)N(C)Cc2cnn(C)c2)cc1. The number of nitrogens with zero attached hydrogens (tertiary/aromatic N) is 3. The van der Waals surface area contributed by atoms with Crippen molar-refractivity contribution in [3.63, 3.8) is 0 Å². The Kier molecular flexibility index (Phi) is 5.15. The molecule has 2 rings (SSSR count). The number of carbonyl (C=O) groups excluding carboxylic acids is 1. The second-order valence-corrected chi connectivity index (χ2v) is 5.87. The summed E-state index contributed by atoms with van der Waals surface area (Å²) in [5.74, 6) is 0.502. The van der Waals surface area contributed by atoms with Crippen LogP contribution in [0.5, 0.6) is 0 Å². The average molecular weight is 297 g/mol. The number of hydrogen-bond donors (Lipinski definition) is 0. The van der Waals surface area contributed by atoms with Crippen molar-refractivity contribution < 1.29 is 4.79 Å². The Balaban J connectivity index is 1.95. The first-order valence-corrected chi connectivity index (χ1v) is 7.46. The van der Waals surface area contributed by atoms with Crippen molar-refractivity contribution in [2.45, 2.75) is 26.3 Å². The van der Waals surface area contributed by atoms with Crippen molar-refractivity contribution in [1.29, 1.82) is 0 Å². The Morgan fingerprint density at radius 3 is 2.55 bits per heavy atom. The molecule has 4 heteroatoms. The highest BCUT2D eigenvalue weighted by atomic mass is 16.2. The first-order valence-electron chi connectivity index (χ1n) is 7.46. The van der Waals surface area contributed by atoms with Crippen LogP contribution in [-0.2, 0) is 18.4 Å². The highest BCUT2D eigenvalue weighted by Gasteiger charge is 2.07. The minimum absolute atomic E-state index is 0.0169. The molecule has 0 saturated heterocycles. The number of amides is 1. The van der Waals surface area contributed by atoms with Crippen LogP contribution in [0.2, 0.25) is 0 Å². The summed E-state index contributed by atoms with van der Waals surface area (Å²) in [5, 5.41) is 4.11. The summed E-state index contributed by atoms with van der Waals surface area (Å²) >= 11 is 0. The Bertz CT molecular complexity index is 653. The van der Waals surface area contributed by atoms with Gasteiger partial charge in [0.1, 0.15) is 0 Å². The number of likely N-dealkylation sites (N-methyl/N-ethyl adjacent to an activating group) is 1. The smallest absolute Gasteiger partial charge is 0.246 e. The predicted molar refractivity (Wildman–Crippen MR) is 89.2 cm³/mol. The molecular formula is C18H23N3O. The molecule has 116 valence electrons. The topological polar surface area (TPSA) is 38.1 Å². The van der Waals surface area contributed by atoms with Gasteiger partial charge in [0.2, 0.25) is 5.91 Å². The quantitative estimate of drug-likeness (QED) is 0.795. The molecule has 0 unspecified atom stereocenters. The lowest BCUT2D eigenvalue weighted by Crippen LogP contribution is -2.23. The zero-order valence-corrected chi connectivity index (χ0v) is 13.7. The van der Waals surface area contributed by atoms with E-state index in [4.69, 9.17) is 0 Å². The molecule has 0 bridgehead atoms. The van der Waals surface area contributed by atoms with Crippen LogP contribution in [0.1, 0.15) is 36.5 Å². The van der Waals surface area contributed by atoms with Crippen LogP contribution in [0.15, 0.2) is 42.7 Å². The fraction of sp³-hybridized carbons (Fsp3) is 0.333. The summed E-state index contributed by atoms with van der Waals surface area (Å²) in [6.45, 7) is 4.90. The van der Waals surface area contributed by atoms with Crippen LogP contribution < -0.4 is 0 Å². The van der Waals surface area contributed by atoms with Gasteiger partial charge >= 0.3 is 0 Å². The van der Waals surface area contributed by atoms with Crippen molar-refractivity contribution in [2.75, 3.05) is 7.05 Å². The number of hydrogen-bond acceptors (Lipinski definition) is 2. The Morgan fingerprint density at radius 2 is 2.00 bits per heavy atom. The monoisotopic (exact) mass is 297 g/mol. The van der Waals surface area contributed by atoms with Crippen molar-refractivity contribution in [2.24, 2.45) is 7.05 Å². The molecule has 0 fully saturated rings. The van der Waals surface area contributed by atoms with Gasteiger partial charge in [0.15, 0.2) is 0 Å². The standard InChI is InChI=1S/C18H23N3O/c1-14(2)17-8-5-15(6-9-17)7-10-18(22)20(3)12-16-11-19-21(4)13-16/h5-11,13-14H,12H2,1-4H3/b10-7+. The van der Waals surface area contributed by atoms with Crippen molar-refractivity contribution in [1.82, 2.24) is 14.7 Å². The van der Waals surface area contributed by atoms with Gasteiger partial charge in [-0.2, -0.15) is 5.10 Å². The second-order valence-electron chi connectivity index (χ2n) is 5.87. The molecule has 1 aromatic carbocycles. The second kappa shape index (κ2) is 7.07. The molecule has 4 nitrogen and oxygen atoms in total. The van der Waals surface area contributed by atoms with E-state index in [-0.39, 0.29) is 5.91 Å². The van der Waals surface area contributed by atoms with Crippen LogP contribution in [-0.4, -0.2) is 27.6 Å². The van der Waals surface area contributed by atoms with E-state index in [1.807, 2.05) is 31.5 Å². The maximum atomic E-state index is 12.1. The van der Waals surface area contributed by atoms with Gasteiger partial charge in [-0.3, -0.25) is 9.48 Å². The molecule has 1 aromatic heterocycles. The lowest BCUT2D eigenvalue weighted by atomic mass is 10.0. The van der Waals surface area contributed by atoms with Crippen LogP contribution in [0.25, 0.3) is 6.08 Å². The number of carbonyl (C=O) groups is 1. The fourth-order valence-electron chi connectivity index (χ4n) is 2.19. The summed E-state index contributed by atoms with van der Waals surface area (Å²) in [5.41, 5.74) is 3.36. The molecular weight excluding hydrogens is 274 g/mol. The molecule has 22 heavy (non-hydrogen) atoms. The summed E-state index contributed by atoms with van der Waals surface area (Å²) < 4.78 is 1.74. The van der Waals surface area contributed by atoms with Gasteiger partial charge in [-0.1, -0.05) is 38.1 Å². The first kappa shape index (κ1) is 16.0. The van der Waals surface area contributed by atoms with Crippen molar-refractivity contribution in [3.8, 4) is 0 Å². The number of rotatable bonds is 5. The molecule has 1 heterocycles. The lowest BCUT2D eigenvalue weighted by molar-refractivity contribution is -0.125. The van der Waals surface area contributed by atoms with E-state index in [2.05, 4.69) is 31.1 Å². The molecule has 0 saturated carbocycles. The fourth-order valence-corrected chi connectivity index (χ4v) is 2.19. The van der Waals surface area contributed by atoms with Gasteiger partial charge in [0.25, 0.3) is 0 Å². The lowest BCUT2D eigenvalue weighted by Gasteiger charge is -2.13. The minimum Gasteiger partial charge on any atom is -0.338 e. The van der Waals surface area contributed by atoms with Crippen LogP contribution >= 0.6 is 0 Å². The van der Waals surface area contributed by atoms with E-state index < -0.39 is 0 Å². The molecule has 0 atom stereocenters. The average Bonchev–Trinajstić information content (AvgIpc) is 2.90. The third kappa shape index (κ3) is 4.32. The van der Waals surface area contributed by atoms with Gasteiger partial charge in [-0.15, -0.1) is 0 Å². The van der Waals surface area contributed by atoms with E-state index in [0.717, 1.165) is 11.1 Å². The molecule has 0 aliphatic heterocycles. The summed E-state index contributed by atoms with van der Waals surface area (Å²) in [6, 6.07) is 8.29. The molecule has 0 N–H and O–H groups in total. The molecule has 0 radical (unpaired) electrons. The van der Waals surface area contributed by atoms with E-state index in [1.54, 1.807) is 28.9 Å². The van der Waals surface area contributed by atoms with Gasteiger partial charge in [-0.25, -0.2) is 0 Å². The van der Waals surface area contributed by atoms with Gasteiger partial charge in [-0.05, 0) is 23.1 Å². The molecule has 0 aliphatic rings. The zero-order chi connectivity index (χ0) is 16.1. The molecule has 0 aliphatic carbocycles. The van der Waals surface area contributed by atoms with Gasteiger partial charge in [0, 0.05) is 38.5 Å². The number of aromatic nitrogens is 2. The maximum Gasteiger partial charge on any atom is 0.246 e. The van der Waals surface area contributed by atoms with Crippen LogP contribution in [0.3, 0.4) is 0 Å². The minimum atomic E-state index is -0.0169. The van der Waals surface area contributed by atoms with E-state index >= 15 is 0 Å². The van der Waals surface area contributed by atoms with E-state index in [1.165, 1.54) is 5.56 Å². The zero-order valence-electron chi connectivity index (χ0n) is 13.7. The van der Waals surface area contributed by atoms with Crippen molar-refractivity contribution >= 4 is 12.0 Å². The van der Waals surface area contributed by atoms with E-state index in [9.17, 15) is 4.79 Å². The van der Waals surface area contributed by atoms with Crippen LogP contribution in [0.4, 0.5) is 0 Å². The Hall–Kier alpha value is -2.36. The molecule has 1 amide bonds. The van der Waals surface area contributed by atoms with Gasteiger partial charge in [0.05, 0.1) is 6.20 Å². The highest BCUT2D eigenvalue weighted by Crippen LogP contribution is 2.15. The van der Waals surface area contributed by atoms with Gasteiger partial charge < -0.3 is 4.90 Å². The third-order valence-electron chi connectivity index (χ3n) is 3.58. The first-order chi connectivity index (χ1) is 10.5. The molecule has 2 aromatic rings. The molecule has 0 spiro atoms. The number of benzene rings is 1. The van der Waals surface area contributed by atoms with Crippen molar-refractivity contribution in [3.05, 3.63) is 59.4 Å². The maximum absolute atomic E-state index is 12.1. The Morgan fingerprint density at radius 1 is 1.32 bits per heavy atom. The summed E-state index contributed by atoms with van der Waals surface area (Å²) in [6.07, 6.45) is 7.16. The summed E-state index contributed by atoms with van der Waals surface area (Å²) in [7, 11) is 3.66. The van der Waals surface area contributed by atoms with E-state index in [0.29, 0.717) is 12.5 Å². The normalized spacial score (nSPS) is 11.3. The number of aryl methyl sites for hydroxylation is 1. The highest BCUT2D eigenvalue weighted by molar-refractivity contribution is 5.91. The largest absolute Gasteiger partial charge is 0.338 e. The summed E-state index contributed by atoms with van der Waals surface area (Å²) in [4.78, 5) is 13.8. The Labute approximate surface area is 132 Å². The van der Waals surface area contributed by atoms with Crippen LogP contribution in [0, 0.1) is 0 Å².